The smallest absolute Gasteiger partial charge is 0.305 e. The minimum atomic E-state index is -0.839. The zero-order valence-corrected chi connectivity index (χ0v) is 78.7. The molecule has 746 valence electrons. The fourth-order valence-electron chi connectivity index (χ4n) is 18.4. The minimum Gasteiger partial charge on any atom is -0.481 e. The van der Waals surface area contributed by atoms with Crippen molar-refractivity contribution in [2.75, 3.05) is 33.0 Å². The number of hydrogen-bond donors (Lipinski definition) is 13. The van der Waals surface area contributed by atoms with Crippen molar-refractivity contribution >= 4 is 23.9 Å². The Balaban J connectivity index is 0.000000362. The number of benzene rings is 4. The van der Waals surface area contributed by atoms with Crippen LogP contribution in [0.4, 0.5) is 0 Å². The van der Waals surface area contributed by atoms with E-state index in [0.29, 0.717) is 225 Å². The molecule has 0 saturated heterocycles. The molecule has 4 aromatic carbocycles. The number of allylic oxidation sites excluding steroid dienone is 8. The van der Waals surface area contributed by atoms with Crippen LogP contribution in [0.5, 0.6) is 0 Å². The number of aliphatic hydroxyl groups excluding tert-OH is 12. The fourth-order valence-corrected chi connectivity index (χ4v) is 18.4. The molecule has 4 aliphatic rings. The van der Waals surface area contributed by atoms with Gasteiger partial charge in [0.15, 0.2) is 0 Å². The molecular weight excluding hydrogens is 1710 g/mol. The number of carbonyl (C=O) groups is 4. The lowest BCUT2D eigenvalue weighted by atomic mass is 9.85. The van der Waals surface area contributed by atoms with E-state index in [9.17, 15) is 101 Å². The second-order valence-corrected chi connectivity index (χ2v) is 36.5. The van der Waals surface area contributed by atoms with Crippen molar-refractivity contribution in [1.82, 2.24) is 0 Å². The Hall–Kier alpha value is -8.36. The summed E-state index contributed by atoms with van der Waals surface area (Å²) in [6.45, 7) is 3.05. The summed E-state index contributed by atoms with van der Waals surface area (Å²) < 4.78 is 15.8. The topological polar surface area (TPSA) is 464 Å². The number of unbranched alkanes of at least 4 members (excludes halogenated alkanes) is 8. The summed E-state index contributed by atoms with van der Waals surface area (Å²) >= 11 is 0. The molecule has 8 rings (SSSR count). The number of carboxylic acids is 1. The third-order valence-corrected chi connectivity index (χ3v) is 26.2. The van der Waals surface area contributed by atoms with Crippen molar-refractivity contribution in [3.8, 4) is 0 Å². The lowest BCUT2D eigenvalue weighted by molar-refractivity contribution is -0.757. The molecule has 0 heterocycles. The Kier molecular flexibility index (Phi) is 60.9. The average Bonchev–Trinajstić information content (AvgIpc) is 1.71. The summed E-state index contributed by atoms with van der Waals surface area (Å²) in [5, 5.41) is 152. The zero-order chi connectivity index (χ0) is 96.6. The van der Waals surface area contributed by atoms with E-state index in [1.54, 1.807) is 0 Å². The average molecular weight is 1870 g/mol. The number of aliphatic hydroxyl groups is 12. The number of aryl methyl sites for hydroxylation is 4. The number of carboxylic acid groups (broad SMARTS) is 1. The van der Waals surface area contributed by atoms with E-state index in [2.05, 4.69) is 58.2 Å². The highest BCUT2D eigenvalue weighted by molar-refractivity contribution is 5.70. The monoisotopic (exact) mass is 1870 g/mol. The van der Waals surface area contributed by atoms with Gasteiger partial charge in [0.1, 0.15) is 0 Å². The number of hydrogen-bond acceptors (Lipinski definition) is 25. The van der Waals surface area contributed by atoms with Crippen molar-refractivity contribution in [3.05, 3.63) is 212 Å². The lowest BCUT2D eigenvalue weighted by Gasteiger charge is -2.23. The number of ether oxygens (including phenoxy) is 3. The molecule has 0 amide bonds. The number of esters is 3. The van der Waals surface area contributed by atoms with Gasteiger partial charge in [0, 0.05) is 25.7 Å². The maximum atomic E-state index is 12.2. The Morgan fingerprint density at radius 1 is 0.323 bits per heavy atom. The number of aliphatic carboxylic acids is 1. The van der Waals surface area contributed by atoms with Crippen LogP contribution in [-0.2, 0) is 68.7 Å². The number of rotatable bonds is 64. The predicted octanol–water partition coefficient (Wildman–Crippen LogP) is 15.8. The highest BCUT2D eigenvalue weighted by Gasteiger charge is 2.44. The Morgan fingerprint density at radius 3 is 0.782 bits per heavy atom. The Bertz CT molecular complexity index is 3710. The first kappa shape index (κ1) is 115. The van der Waals surface area contributed by atoms with Crippen LogP contribution in [0.1, 0.15) is 280 Å². The maximum Gasteiger partial charge on any atom is 0.305 e. The van der Waals surface area contributed by atoms with Gasteiger partial charge in [-0.3, -0.25) is 19.2 Å². The first-order chi connectivity index (χ1) is 64.2. The highest BCUT2D eigenvalue weighted by atomic mass is 17.0. The van der Waals surface area contributed by atoms with Crippen LogP contribution in [0.2, 0.25) is 0 Å². The van der Waals surface area contributed by atoms with Crippen LogP contribution in [0.15, 0.2) is 170 Å². The molecule has 133 heavy (non-hydrogen) atoms. The molecule has 0 spiro atoms. The minimum absolute atomic E-state index is 0.00222. The van der Waals surface area contributed by atoms with Crippen LogP contribution in [0.3, 0.4) is 0 Å². The van der Waals surface area contributed by atoms with Crippen molar-refractivity contribution in [2.24, 2.45) is 47.3 Å². The molecule has 4 aliphatic carbocycles. The number of carbonyl (C=O) groups excluding carboxylic acids is 3. The maximum absolute atomic E-state index is 12.2. The predicted molar refractivity (Wildman–Crippen MR) is 509 cm³/mol. The van der Waals surface area contributed by atoms with E-state index in [1.165, 1.54) is 22.3 Å². The summed E-state index contributed by atoms with van der Waals surface area (Å²) in [6.07, 6.45) is 36.7. The van der Waals surface area contributed by atoms with Crippen LogP contribution in [0, 0.1) is 67.6 Å². The molecule has 13 N–H and O–H groups in total. The van der Waals surface area contributed by atoms with Crippen molar-refractivity contribution in [2.45, 2.75) is 356 Å². The molecule has 0 bridgehead atoms. The normalized spacial score (nSPS) is 23.6. The van der Waals surface area contributed by atoms with Gasteiger partial charge in [-0.2, -0.15) is 0 Å². The summed E-state index contributed by atoms with van der Waals surface area (Å²) in [6, 6.07) is 40.3. The van der Waals surface area contributed by atoms with Crippen molar-refractivity contribution < 1.29 is 120 Å². The Labute approximate surface area is 788 Å². The lowest BCUT2D eigenvalue weighted by Crippen LogP contribution is -2.23. The van der Waals surface area contributed by atoms with Gasteiger partial charge >= 0.3 is 23.9 Å². The van der Waals surface area contributed by atoms with Gasteiger partial charge in [-0.15, -0.1) is 20.2 Å². The molecule has 0 aliphatic heterocycles. The van der Waals surface area contributed by atoms with Gasteiger partial charge in [0.25, 0.3) is 10.2 Å². The van der Waals surface area contributed by atoms with Gasteiger partial charge in [0.2, 0.25) is 0 Å². The van der Waals surface area contributed by atoms with Gasteiger partial charge in [0.05, 0.1) is 106 Å². The highest BCUT2D eigenvalue weighted by Crippen LogP contribution is 2.43. The van der Waals surface area contributed by atoms with E-state index in [1.807, 2.05) is 128 Å². The van der Waals surface area contributed by atoms with E-state index >= 15 is 0 Å². The van der Waals surface area contributed by atoms with Crippen LogP contribution < -0.4 is 0 Å². The van der Waals surface area contributed by atoms with Gasteiger partial charge in [-0.25, -0.2) is 0 Å². The molecule has 4 aromatic rings. The Morgan fingerprint density at radius 2 is 0.549 bits per heavy atom. The third-order valence-electron chi connectivity index (χ3n) is 26.2. The van der Waals surface area contributed by atoms with Gasteiger partial charge in [-0.1, -0.05) is 190 Å². The zero-order valence-electron chi connectivity index (χ0n) is 78.7. The fraction of sp³-hybridized carbons (Fsp3) is 0.657. The van der Waals surface area contributed by atoms with Crippen LogP contribution in [-0.4, -0.2) is 207 Å². The number of nitrogens with zero attached hydrogens (tertiary/aromatic N) is 2. The van der Waals surface area contributed by atoms with Gasteiger partial charge in [-0.05, 0) is 307 Å². The molecular formula is C105H160N2O26. The second kappa shape index (κ2) is 70.3. The van der Waals surface area contributed by atoms with E-state index < -0.39 is 89.4 Å². The molecule has 0 unspecified atom stereocenters. The molecule has 28 nitrogen and oxygen atoms in total. The SMILES string of the molecule is CCCCCO[N+](=O)[O-].O=C(CCC/C=C\C[C@@H]1[C@@H](CC[C@@H](O)CCc2ccccc2)[C@H](O)C[C@@H]1O)OCCCCOC(=O)CCC/C=C\C[C@@H]1[C@@H](CC[C@@H](O)CCc2ccccc2)[C@H](O)C[C@@H]1O.O=C(CCC/C=C\C[C@@H]1[C@@H](CC[C@@H](O)CCc2ccccc2)[C@H](O)C[C@@H]1O)OCCCCO[N+](=O)[O-].O=C(O)CCC/C=C\C[C@@H]1[C@@H](CC[C@@H](O)CCc2ccccc2)[C@H](O)C[C@@H]1O. The molecule has 28 heteroatoms. The third kappa shape index (κ3) is 52.0. The summed E-state index contributed by atoms with van der Waals surface area (Å²) in [5.74, 6) is -1.88. The van der Waals surface area contributed by atoms with E-state index in [-0.39, 0.29) is 105 Å². The first-order valence-electron chi connectivity index (χ1n) is 49.4. The van der Waals surface area contributed by atoms with Crippen LogP contribution >= 0.6 is 0 Å². The quantitative estimate of drug-likeness (QED) is 0.00487. The van der Waals surface area contributed by atoms with Gasteiger partial charge < -0.3 is 90.3 Å². The molecule has 0 aromatic heterocycles. The summed E-state index contributed by atoms with van der Waals surface area (Å²) in [7, 11) is 0. The largest absolute Gasteiger partial charge is 0.481 e. The second-order valence-electron chi connectivity index (χ2n) is 36.5. The molecule has 0 radical (unpaired) electrons. The van der Waals surface area contributed by atoms with E-state index in [0.717, 1.165) is 44.9 Å². The molecule has 4 fully saturated rings. The molecule has 4 saturated carbocycles. The summed E-state index contributed by atoms with van der Waals surface area (Å²) in [4.78, 5) is 74.4. The molecule has 20 atom stereocenters. The first-order valence-corrected chi connectivity index (χ1v) is 49.4. The van der Waals surface area contributed by atoms with Crippen LogP contribution in [0.25, 0.3) is 0 Å². The van der Waals surface area contributed by atoms with E-state index in [4.69, 9.17) is 19.3 Å². The standard InChI is InChI=1S/C50H74O10.C27H41NO8.C23H34O5.C5H11NO3/c51-39(27-25-37-17-7-5-8-18-37)29-31-43-41(45(53)35-47(43)55)21-11-1-3-13-23-49(57)59-33-15-16-34-60-50(58)24-14-4-2-12-22-42-44(48(56)36-46(42)54)32-30-40(52)28-26-38-19-9-6-10-20-38;29-22(15-14-21-10-4-3-5-11-21)16-17-24-23(25(30)20-26(24)31)12-6-1-2-7-13-27(32)35-18-8-9-19-36-28(33)34;24-18(13-12-17-8-4-3-5-9-17)14-15-20-19(21(25)16-22(20)26)10-6-1-2-7-11-23(27)28;1-2-3-4-5-9-6(7)8/h1-2,5-12,17-20,39-48,51-56H,3-4,13-16,21-36H2;1,3-6,10-11,22-26,29-31H,2,7-9,12-20H2;1,3-6,8-9,18-22,24-26H,2,7,10-16H2,(H,27,28);2-5H2,1H3/b11-1-,12-2-;2*6-1-;/t39-,40-,41+,42+,43+,44+,45-,46-,47+,48+;22-,23+,24+,25-,26+;18-,19+,20+,21-,22+;/m000./s1. The van der Waals surface area contributed by atoms with Crippen molar-refractivity contribution in [1.29, 1.82) is 0 Å². The summed E-state index contributed by atoms with van der Waals surface area (Å²) in [5.41, 5.74) is 4.81. The van der Waals surface area contributed by atoms with Crippen molar-refractivity contribution in [3.63, 3.8) is 0 Å².